The number of nitrogens with one attached hydrogen (secondary N) is 1. The highest BCUT2D eigenvalue weighted by atomic mass is 32.1. The highest BCUT2D eigenvalue weighted by molar-refractivity contribution is 7.09. The number of aliphatic hydroxyl groups is 1. The van der Waals surface area contributed by atoms with Crippen LogP contribution < -0.4 is 5.32 Å². The first-order valence-corrected chi connectivity index (χ1v) is 7.47. The summed E-state index contributed by atoms with van der Waals surface area (Å²) in [7, 11) is 0. The van der Waals surface area contributed by atoms with Gasteiger partial charge in [0.05, 0.1) is 0 Å². The number of aliphatic hydroxyl groups excluding tert-OH is 1. The van der Waals surface area contributed by atoms with E-state index in [1.807, 2.05) is 4.90 Å². The Morgan fingerprint density at radius 2 is 2.42 bits per heavy atom. The van der Waals surface area contributed by atoms with Gasteiger partial charge in [-0.15, -0.1) is 0 Å². The Bertz CT molecular complexity index is 424. The highest BCUT2D eigenvalue weighted by Crippen LogP contribution is 2.22. The van der Waals surface area contributed by atoms with Gasteiger partial charge in [0.1, 0.15) is 5.82 Å². The minimum absolute atomic E-state index is 0.0983. The molecule has 1 unspecified atom stereocenters. The molecule has 2 heterocycles. The Balaban J connectivity index is 1.94. The van der Waals surface area contributed by atoms with E-state index in [1.54, 1.807) is 6.92 Å². The molecular formula is C12H20N4O2S. The van der Waals surface area contributed by atoms with Crippen molar-refractivity contribution in [2.75, 3.05) is 18.5 Å². The molecule has 1 fully saturated rings. The van der Waals surface area contributed by atoms with Crippen molar-refractivity contribution < 1.29 is 9.90 Å². The molecule has 6 nitrogen and oxygen atoms in total. The van der Waals surface area contributed by atoms with E-state index >= 15 is 0 Å². The molecule has 1 aliphatic heterocycles. The molecule has 7 heteroatoms. The molecule has 0 aromatic carbocycles. The summed E-state index contributed by atoms with van der Waals surface area (Å²) >= 11 is 1.20. The number of carbonyl (C=O) groups excluding carboxylic acids is 1. The highest BCUT2D eigenvalue weighted by Gasteiger charge is 2.26. The second-order valence-corrected chi connectivity index (χ2v) is 5.54. The van der Waals surface area contributed by atoms with Gasteiger partial charge in [0, 0.05) is 30.7 Å². The third-order valence-electron chi connectivity index (χ3n) is 3.32. The average Bonchev–Trinajstić information content (AvgIpc) is 2.82. The molecule has 0 saturated carbocycles. The van der Waals surface area contributed by atoms with Crippen LogP contribution in [0, 0.1) is 6.92 Å². The van der Waals surface area contributed by atoms with Crippen molar-refractivity contribution in [3.8, 4) is 0 Å². The predicted octanol–water partition coefficient (Wildman–Crippen LogP) is 2.01. The second kappa shape index (κ2) is 6.81. The van der Waals surface area contributed by atoms with Crippen LogP contribution in [-0.2, 0) is 0 Å². The maximum atomic E-state index is 12.2. The van der Waals surface area contributed by atoms with Gasteiger partial charge in [-0.25, -0.2) is 9.78 Å². The minimum atomic E-state index is -0.0983. The molecule has 2 N–H and O–H groups in total. The van der Waals surface area contributed by atoms with Crippen molar-refractivity contribution in [3.63, 3.8) is 0 Å². The number of likely N-dealkylation sites (tertiary alicyclic amines) is 1. The number of anilines is 1. The Morgan fingerprint density at radius 3 is 3.11 bits per heavy atom. The van der Waals surface area contributed by atoms with Gasteiger partial charge in [0.2, 0.25) is 5.13 Å². The van der Waals surface area contributed by atoms with Crippen LogP contribution in [0.25, 0.3) is 0 Å². The number of rotatable bonds is 4. The zero-order chi connectivity index (χ0) is 13.7. The Morgan fingerprint density at radius 1 is 1.58 bits per heavy atom. The van der Waals surface area contributed by atoms with Gasteiger partial charge in [-0.2, -0.15) is 4.37 Å². The third-order valence-corrected chi connectivity index (χ3v) is 4.05. The van der Waals surface area contributed by atoms with Crippen LogP contribution in [0.15, 0.2) is 0 Å². The van der Waals surface area contributed by atoms with E-state index in [1.165, 1.54) is 11.5 Å². The topological polar surface area (TPSA) is 78.4 Å². The molecule has 1 aromatic rings. The average molecular weight is 284 g/mol. The maximum absolute atomic E-state index is 12.2. The molecule has 2 amide bonds. The lowest BCUT2D eigenvalue weighted by Crippen LogP contribution is -2.46. The third kappa shape index (κ3) is 3.87. The number of urea groups is 1. The van der Waals surface area contributed by atoms with E-state index < -0.39 is 0 Å². The van der Waals surface area contributed by atoms with Crippen LogP contribution in [0.4, 0.5) is 9.93 Å². The van der Waals surface area contributed by atoms with Gasteiger partial charge < -0.3 is 10.0 Å². The molecule has 106 valence electrons. The SMILES string of the molecule is Cc1nsc(NC(=O)N2CCCCC2CCCO)n1. The van der Waals surface area contributed by atoms with E-state index in [2.05, 4.69) is 14.7 Å². The van der Waals surface area contributed by atoms with E-state index in [0.717, 1.165) is 38.6 Å². The van der Waals surface area contributed by atoms with Crippen molar-refractivity contribution in [1.82, 2.24) is 14.3 Å². The number of aromatic nitrogens is 2. The molecule has 1 atom stereocenters. The fourth-order valence-electron chi connectivity index (χ4n) is 2.41. The van der Waals surface area contributed by atoms with E-state index in [9.17, 15) is 4.79 Å². The first-order valence-electron chi connectivity index (χ1n) is 6.69. The summed E-state index contributed by atoms with van der Waals surface area (Å²) in [4.78, 5) is 18.3. The summed E-state index contributed by atoms with van der Waals surface area (Å²) in [5.41, 5.74) is 0. The van der Waals surface area contributed by atoms with Crippen molar-refractivity contribution in [2.45, 2.75) is 45.1 Å². The lowest BCUT2D eigenvalue weighted by molar-refractivity contribution is 0.151. The molecule has 1 saturated heterocycles. The molecule has 0 bridgehead atoms. The van der Waals surface area contributed by atoms with Crippen molar-refractivity contribution >= 4 is 22.7 Å². The van der Waals surface area contributed by atoms with E-state index in [-0.39, 0.29) is 18.7 Å². The number of hydrogen-bond donors (Lipinski definition) is 2. The number of piperidine rings is 1. The summed E-state index contributed by atoms with van der Waals surface area (Å²) in [6, 6.07) is 0.133. The number of carbonyl (C=O) groups is 1. The standard InChI is InChI=1S/C12H20N4O2S/c1-9-13-11(19-15-9)14-12(18)16-7-3-2-5-10(16)6-4-8-17/h10,17H,2-8H2,1H3,(H,13,14,15,18). The van der Waals surface area contributed by atoms with Crippen LogP contribution in [0.3, 0.4) is 0 Å². The molecule has 0 radical (unpaired) electrons. The van der Waals surface area contributed by atoms with Gasteiger partial charge >= 0.3 is 6.03 Å². The molecule has 1 aliphatic rings. The molecule has 0 aliphatic carbocycles. The quantitative estimate of drug-likeness (QED) is 0.886. The summed E-state index contributed by atoms with van der Waals surface area (Å²) < 4.78 is 4.05. The molecule has 19 heavy (non-hydrogen) atoms. The monoisotopic (exact) mass is 284 g/mol. The molecule has 2 rings (SSSR count). The zero-order valence-electron chi connectivity index (χ0n) is 11.1. The van der Waals surface area contributed by atoms with Crippen LogP contribution in [0.2, 0.25) is 0 Å². The number of nitrogens with zero attached hydrogens (tertiary/aromatic N) is 3. The molecule has 1 aromatic heterocycles. The van der Waals surface area contributed by atoms with E-state index in [0.29, 0.717) is 11.0 Å². The smallest absolute Gasteiger partial charge is 0.323 e. The Kier molecular flexibility index (Phi) is 5.09. The Hall–Kier alpha value is -1.21. The lowest BCUT2D eigenvalue weighted by atomic mass is 9.98. The fourth-order valence-corrected chi connectivity index (χ4v) is 2.97. The van der Waals surface area contributed by atoms with Crippen LogP contribution >= 0.6 is 11.5 Å². The van der Waals surface area contributed by atoms with Crippen molar-refractivity contribution in [3.05, 3.63) is 5.82 Å². The lowest BCUT2D eigenvalue weighted by Gasteiger charge is -2.35. The molecular weight excluding hydrogens is 264 g/mol. The van der Waals surface area contributed by atoms with Gasteiger partial charge in [-0.3, -0.25) is 5.32 Å². The van der Waals surface area contributed by atoms with E-state index in [4.69, 9.17) is 5.11 Å². The minimum Gasteiger partial charge on any atom is -0.396 e. The van der Waals surface area contributed by atoms with Gasteiger partial charge in [0.25, 0.3) is 0 Å². The van der Waals surface area contributed by atoms with Crippen molar-refractivity contribution in [1.29, 1.82) is 0 Å². The summed E-state index contributed by atoms with van der Waals surface area (Å²) in [6.45, 7) is 2.76. The zero-order valence-corrected chi connectivity index (χ0v) is 11.9. The normalized spacial score (nSPS) is 19.5. The summed E-state index contributed by atoms with van der Waals surface area (Å²) in [5.74, 6) is 0.677. The van der Waals surface area contributed by atoms with Gasteiger partial charge in [0.15, 0.2) is 0 Å². The maximum Gasteiger partial charge on any atom is 0.323 e. The predicted molar refractivity (Wildman–Crippen MR) is 74.3 cm³/mol. The number of hydrogen-bond acceptors (Lipinski definition) is 5. The number of amides is 2. The second-order valence-electron chi connectivity index (χ2n) is 4.79. The van der Waals surface area contributed by atoms with Crippen LogP contribution in [-0.4, -0.2) is 44.6 Å². The largest absolute Gasteiger partial charge is 0.396 e. The first kappa shape index (κ1) is 14.2. The summed E-state index contributed by atoms with van der Waals surface area (Å²) in [5, 5.41) is 12.3. The Labute approximate surface area is 117 Å². The van der Waals surface area contributed by atoms with Crippen molar-refractivity contribution in [2.24, 2.45) is 0 Å². The number of aryl methyl sites for hydroxylation is 1. The fraction of sp³-hybridized carbons (Fsp3) is 0.750. The molecule has 0 spiro atoms. The van der Waals surface area contributed by atoms with Crippen LogP contribution in [0.5, 0.6) is 0 Å². The summed E-state index contributed by atoms with van der Waals surface area (Å²) in [6.07, 6.45) is 4.81. The van der Waals surface area contributed by atoms with Gasteiger partial charge in [-0.1, -0.05) is 0 Å². The first-order chi connectivity index (χ1) is 9.20. The van der Waals surface area contributed by atoms with Gasteiger partial charge in [-0.05, 0) is 39.0 Å². The van der Waals surface area contributed by atoms with Crippen LogP contribution in [0.1, 0.15) is 37.9 Å².